The van der Waals surface area contributed by atoms with Crippen molar-refractivity contribution >= 4 is 5.97 Å². The number of carboxylic acid groups (broad SMARTS) is 1. The smallest absolute Gasteiger partial charge is 0.306 e. The standard InChI is InChI=1S/C11H16N2O3/c1-8(10-4-2-3-5-12-10)13-7-9(14)6-11(15)16/h2-5,8-9,13-14H,6-7H2,1H3,(H,15,16)/t8-,9?/m1/s1. The van der Waals surface area contributed by atoms with Crippen LogP contribution in [0.1, 0.15) is 25.1 Å². The molecule has 0 saturated heterocycles. The van der Waals surface area contributed by atoms with Gasteiger partial charge in [0.05, 0.1) is 18.2 Å². The Hall–Kier alpha value is -1.46. The van der Waals surface area contributed by atoms with Gasteiger partial charge in [-0.15, -0.1) is 0 Å². The Morgan fingerprint density at radius 1 is 1.56 bits per heavy atom. The Balaban J connectivity index is 2.35. The van der Waals surface area contributed by atoms with Crippen molar-refractivity contribution in [3.8, 4) is 0 Å². The summed E-state index contributed by atoms with van der Waals surface area (Å²) in [6.45, 7) is 2.15. The summed E-state index contributed by atoms with van der Waals surface area (Å²) in [6, 6.07) is 5.58. The van der Waals surface area contributed by atoms with E-state index in [1.807, 2.05) is 25.1 Å². The molecule has 0 radical (unpaired) electrons. The predicted octanol–water partition coefficient (Wildman–Crippen LogP) is 0.568. The van der Waals surface area contributed by atoms with Crippen molar-refractivity contribution < 1.29 is 15.0 Å². The van der Waals surface area contributed by atoms with Gasteiger partial charge in [-0.05, 0) is 19.1 Å². The first-order valence-corrected chi connectivity index (χ1v) is 5.13. The highest BCUT2D eigenvalue weighted by Crippen LogP contribution is 2.07. The van der Waals surface area contributed by atoms with Crippen LogP contribution in [0.4, 0.5) is 0 Å². The Kier molecular flexibility index (Phi) is 4.88. The van der Waals surface area contributed by atoms with Crippen molar-refractivity contribution in [2.45, 2.75) is 25.5 Å². The van der Waals surface area contributed by atoms with Gasteiger partial charge in [0, 0.05) is 18.8 Å². The topological polar surface area (TPSA) is 82.5 Å². The van der Waals surface area contributed by atoms with E-state index >= 15 is 0 Å². The van der Waals surface area contributed by atoms with Crippen LogP contribution in [0.2, 0.25) is 0 Å². The fourth-order valence-corrected chi connectivity index (χ4v) is 1.32. The molecule has 1 aromatic rings. The number of nitrogens with zero attached hydrogens (tertiary/aromatic N) is 1. The highest BCUT2D eigenvalue weighted by molar-refractivity contribution is 5.67. The molecule has 5 nitrogen and oxygen atoms in total. The fraction of sp³-hybridized carbons (Fsp3) is 0.455. The molecule has 0 bridgehead atoms. The first-order valence-electron chi connectivity index (χ1n) is 5.13. The quantitative estimate of drug-likeness (QED) is 0.658. The maximum atomic E-state index is 10.3. The van der Waals surface area contributed by atoms with Gasteiger partial charge < -0.3 is 15.5 Å². The molecule has 1 aromatic heterocycles. The molecular formula is C11H16N2O3. The first-order chi connectivity index (χ1) is 7.59. The van der Waals surface area contributed by atoms with Gasteiger partial charge in [-0.25, -0.2) is 0 Å². The second-order valence-corrected chi connectivity index (χ2v) is 3.64. The molecule has 1 rings (SSSR count). The molecule has 0 aliphatic heterocycles. The van der Waals surface area contributed by atoms with E-state index in [0.717, 1.165) is 5.69 Å². The van der Waals surface area contributed by atoms with E-state index in [1.165, 1.54) is 0 Å². The third-order valence-electron chi connectivity index (χ3n) is 2.20. The molecule has 0 amide bonds. The minimum atomic E-state index is -1.00. The average molecular weight is 224 g/mol. The molecule has 5 heteroatoms. The molecule has 0 spiro atoms. The third-order valence-corrected chi connectivity index (χ3v) is 2.20. The molecule has 0 aromatic carbocycles. The summed E-state index contributed by atoms with van der Waals surface area (Å²) in [7, 11) is 0. The minimum absolute atomic E-state index is 0.00959. The molecule has 16 heavy (non-hydrogen) atoms. The molecular weight excluding hydrogens is 208 g/mol. The van der Waals surface area contributed by atoms with E-state index in [4.69, 9.17) is 5.11 Å². The number of aliphatic hydroxyl groups excluding tert-OH is 1. The van der Waals surface area contributed by atoms with Crippen LogP contribution in [0, 0.1) is 0 Å². The number of hydrogen-bond acceptors (Lipinski definition) is 4. The lowest BCUT2D eigenvalue weighted by Gasteiger charge is -2.15. The highest BCUT2D eigenvalue weighted by Gasteiger charge is 2.11. The van der Waals surface area contributed by atoms with Crippen molar-refractivity contribution in [2.75, 3.05) is 6.54 Å². The van der Waals surface area contributed by atoms with Crippen LogP contribution in [0.5, 0.6) is 0 Å². The van der Waals surface area contributed by atoms with Gasteiger partial charge >= 0.3 is 5.97 Å². The van der Waals surface area contributed by atoms with E-state index in [2.05, 4.69) is 10.3 Å². The largest absolute Gasteiger partial charge is 0.481 e. The van der Waals surface area contributed by atoms with Crippen molar-refractivity contribution in [1.82, 2.24) is 10.3 Å². The van der Waals surface area contributed by atoms with Crippen LogP contribution in [0.3, 0.4) is 0 Å². The van der Waals surface area contributed by atoms with Gasteiger partial charge in [0.1, 0.15) is 0 Å². The number of carbonyl (C=O) groups is 1. The van der Waals surface area contributed by atoms with Crippen molar-refractivity contribution in [3.63, 3.8) is 0 Å². The molecule has 0 aliphatic rings. The van der Waals surface area contributed by atoms with Gasteiger partial charge in [0.25, 0.3) is 0 Å². The summed E-state index contributed by atoms with van der Waals surface area (Å²) < 4.78 is 0. The number of carboxylic acids is 1. The number of hydrogen-bond donors (Lipinski definition) is 3. The van der Waals surface area contributed by atoms with Crippen LogP contribution < -0.4 is 5.32 Å². The summed E-state index contributed by atoms with van der Waals surface area (Å²) in [5.41, 5.74) is 0.866. The van der Waals surface area contributed by atoms with Crippen LogP contribution >= 0.6 is 0 Å². The van der Waals surface area contributed by atoms with Crippen molar-refractivity contribution in [3.05, 3.63) is 30.1 Å². The molecule has 1 heterocycles. The molecule has 2 atom stereocenters. The van der Waals surface area contributed by atoms with E-state index in [9.17, 15) is 9.90 Å². The predicted molar refractivity (Wildman–Crippen MR) is 58.9 cm³/mol. The van der Waals surface area contributed by atoms with Gasteiger partial charge in [-0.1, -0.05) is 6.07 Å². The van der Waals surface area contributed by atoms with Gasteiger partial charge in [0.2, 0.25) is 0 Å². The summed E-state index contributed by atoms with van der Waals surface area (Å²) in [4.78, 5) is 14.5. The summed E-state index contributed by atoms with van der Waals surface area (Å²) >= 11 is 0. The van der Waals surface area contributed by atoms with E-state index in [0.29, 0.717) is 0 Å². The lowest BCUT2D eigenvalue weighted by Crippen LogP contribution is -2.30. The molecule has 0 aliphatic carbocycles. The zero-order valence-corrected chi connectivity index (χ0v) is 9.13. The third kappa shape index (κ3) is 4.37. The normalized spacial score (nSPS) is 14.4. The molecule has 0 saturated carbocycles. The average Bonchev–Trinajstić information content (AvgIpc) is 2.26. The number of aliphatic hydroxyl groups is 1. The molecule has 1 unspecified atom stereocenters. The Labute approximate surface area is 94.1 Å². The van der Waals surface area contributed by atoms with E-state index in [1.54, 1.807) is 6.20 Å². The lowest BCUT2D eigenvalue weighted by atomic mass is 10.2. The zero-order chi connectivity index (χ0) is 12.0. The summed E-state index contributed by atoms with van der Waals surface area (Å²) in [6.07, 6.45) is 0.576. The van der Waals surface area contributed by atoms with Gasteiger partial charge in [0.15, 0.2) is 0 Å². The van der Waals surface area contributed by atoms with Crippen molar-refractivity contribution in [1.29, 1.82) is 0 Å². The first kappa shape index (κ1) is 12.6. The van der Waals surface area contributed by atoms with Crippen molar-refractivity contribution in [2.24, 2.45) is 0 Å². The monoisotopic (exact) mass is 224 g/mol. The Morgan fingerprint density at radius 2 is 2.31 bits per heavy atom. The second-order valence-electron chi connectivity index (χ2n) is 3.64. The van der Waals surface area contributed by atoms with Gasteiger partial charge in [-0.2, -0.15) is 0 Å². The maximum absolute atomic E-state index is 10.3. The van der Waals surface area contributed by atoms with Crippen LogP contribution in [0.15, 0.2) is 24.4 Å². The second kappa shape index (κ2) is 6.19. The number of rotatable bonds is 6. The number of nitrogens with one attached hydrogen (secondary N) is 1. The van der Waals surface area contributed by atoms with Crippen LogP contribution in [-0.2, 0) is 4.79 Å². The minimum Gasteiger partial charge on any atom is -0.481 e. The number of aromatic nitrogens is 1. The zero-order valence-electron chi connectivity index (χ0n) is 9.13. The van der Waals surface area contributed by atoms with Gasteiger partial charge in [-0.3, -0.25) is 9.78 Å². The molecule has 88 valence electrons. The maximum Gasteiger partial charge on any atom is 0.306 e. The lowest BCUT2D eigenvalue weighted by molar-refractivity contribution is -0.139. The van der Waals surface area contributed by atoms with Crippen LogP contribution in [-0.4, -0.2) is 33.8 Å². The fourth-order valence-electron chi connectivity index (χ4n) is 1.32. The number of pyridine rings is 1. The SMILES string of the molecule is C[C@@H](NCC(O)CC(=O)O)c1ccccn1. The van der Waals surface area contributed by atoms with E-state index < -0.39 is 12.1 Å². The molecule has 0 fully saturated rings. The molecule has 3 N–H and O–H groups in total. The van der Waals surface area contributed by atoms with E-state index in [-0.39, 0.29) is 19.0 Å². The highest BCUT2D eigenvalue weighted by atomic mass is 16.4. The summed E-state index contributed by atoms with van der Waals surface area (Å²) in [5.74, 6) is -1.00. The Morgan fingerprint density at radius 3 is 2.88 bits per heavy atom. The Bertz CT molecular complexity index is 329. The summed E-state index contributed by atoms with van der Waals surface area (Å²) in [5, 5.41) is 20.8. The van der Waals surface area contributed by atoms with Crippen LogP contribution in [0.25, 0.3) is 0 Å². The number of aliphatic carboxylic acids is 1.